The molecular weight excluding hydrogens is 426 g/mol. The Morgan fingerprint density at radius 2 is 2.13 bits per heavy atom. The zero-order valence-corrected chi connectivity index (χ0v) is 16.7. The Labute approximate surface area is 196 Å². The standard InChI is InChI=1S/C20H21N3O5S2/c1-10-8-11(2)17(15(9-10)14(5)24)21-19(25)18-16(6-7-29-18)30(26,27)23-20-12(3)13(4)22-28-20/h6-9,23H,1-5H3,(H,21,25)/i1D3,2D3,4D3,5D3,9D. The lowest BCUT2D eigenvalue weighted by atomic mass is 10.0. The number of ketones is 1. The van der Waals surface area contributed by atoms with Crippen molar-refractivity contribution in [2.45, 2.75) is 39.2 Å². The van der Waals surface area contributed by atoms with Crippen LogP contribution < -0.4 is 10.0 Å². The van der Waals surface area contributed by atoms with E-state index < -0.39 is 98.9 Å². The fraction of sp³-hybridized carbons (Fsp3) is 0.250. The predicted molar refractivity (Wildman–Crippen MR) is 115 cm³/mol. The van der Waals surface area contributed by atoms with Crippen LogP contribution in [0, 0.1) is 27.5 Å². The van der Waals surface area contributed by atoms with Crippen LogP contribution in [0.3, 0.4) is 0 Å². The van der Waals surface area contributed by atoms with Gasteiger partial charge in [-0.25, -0.2) is 13.1 Å². The highest BCUT2D eigenvalue weighted by Gasteiger charge is 2.27. The van der Waals surface area contributed by atoms with Crippen molar-refractivity contribution >= 4 is 44.6 Å². The molecule has 10 heteroatoms. The number of carbonyl (C=O) groups excluding carboxylic acids is 2. The molecule has 2 heterocycles. The lowest BCUT2D eigenvalue weighted by Gasteiger charge is -2.14. The number of aryl methyl sites for hydroxylation is 3. The summed E-state index contributed by atoms with van der Waals surface area (Å²) in [6.07, 6.45) is 0. The van der Waals surface area contributed by atoms with Crippen molar-refractivity contribution in [3.63, 3.8) is 0 Å². The van der Waals surface area contributed by atoms with Gasteiger partial charge in [-0.15, -0.1) is 11.3 Å². The molecule has 0 saturated heterocycles. The molecule has 0 fully saturated rings. The van der Waals surface area contributed by atoms with Gasteiger partial charge in [-0.1, -0.05) is 11.2 Å². The third-order valence-electron chi connectivity index (χ3n) is 3.81. The summed E-state index contributed by atoms with van der Waals surface area (Å²) in [5.74, 6) is -3.77. The Bertz CT molecular complexity index is 1700. The second-order valence-electron chi connectivity index (χ2n) is 5.83. The summed E-state index contributed by atoms with van der Waals surface area (Å²) in [7, 11) is -4.71. The number of Topliss-reactive ketones (excluding diaryl/α,β-unsaturated/α-hetero) is 1. The number of anilines is 2. The molecule has 2 N–H and O–H groups in total. The second-order valence-corrected chi connectivity index (χ2v) is 8.40. The average molecular weight is 461 g/mol. The maximum Gasteiger partial charge on any atom is 0.267 e. The quantitative estimate of drug-likeness (QED) is 0.532. The van der Waals surface area contributed by atoms with Crippen LogP contribution in [0.1, 0.15) is 67.1 Å². The van der Waals surface area contributed by atoms with E-state index in [1.807, 2.05) is 10.0 Å². The second kappa shape index (κ2) is 8.04. The summed E-state index contributed by atoms with van der Waals surface area (Å²) in [6.45, 7) is -11.4. The number of thiophene rings is 1. The average Bonchev–Trinajstić information content (AvgIpc) is 3.44. The summed E-state index contributed by atoms with van der Waals surface area (Å²) < 4.78 is 133. The lowest BCUT2D eigenvalue weighted by molar-refractivity contribution is 0.101. The number of hydrogen-bond donors (Lipinski definition) is 2. The summed E-state index contributed by atoms with van der Waals surface area (Å²) in [5.41, 5.74) is -4.87. The van der Waals surface area contributed by atoms with Crippen LogP contribution in [0.15, 0.2) is 33.0 Å². The molecular formula is C20H21N3O5S2. The normalized spacial score (nSPS) is 19.4. The van der Waals surface area contributed by atoms with Crippen molar-refractivity contribution in [2.75, 3.05) is 10.0 Å². The SMILES string of the molecule is [2H]c1c(C([2H])([2H])[2H])cc(C([2H])([2H])[2H])c(NC(=O)c2sccc2S(=O)(=O)Nc2onc(C([2H])([2H])[2H])c2C)c1C(=O)C([2H])([2H])[2H]. The summed E-state index contributed by atoms with van der Waals surface area (Å²) in [4.78, 5) is 25.0. The highest BCUT2D eigenvalue weighted by Crippen LogP contribution is 2.29. The van der Waals surface area contributed by atoms with Crippen molar-refractivity contribution in [1.82, 2.24) is 5.16 Å². The molecule has 1 amide bonds. The summed E-state index contributed by atoms with van der Waals surface area (Å²) >= 11 is 0.532. The Balaban J connectivity index is 2.17. The van der Waals surface area contributed by atoms with Crippen LogP contribution in [0.2, 0.25) is 0 Å². The Morgan fingerprint density at radius 1 is 1.30 bits per heavy atom. The van der Waals surface area contributed by atoms with Gasteiger partial charge in [0, 0.05) is 27.6 Å². The molecule has 0 aliphatic heterocycles. The minimum atomic E-state index is -4.71. The molecule has 0 unspecified atom stereocenters. The number of rotatable bonds is 6. The van der Waals surface area contributed by atoms with E-state index in [1.54, 1.807) is 0 Å². The molecule has 3 rings (SSSR count). The van der Waals surface area contributed by atoms with Crippen molar-refractivity contribution in [1.29, 1.82) is 0 Å². The third-order valence-corrected chi connectivity index (χ3v) is 6.22. The number of benzene rings is 1. The molecule has 8 nitrogen and oxygen atoms in total. The van der Waals surface area contributed by atoms with E-state index in [2.05, 4.69) is 5.16 Å². The topological polar surface area (TPSA) is 118 Å². The Kier molecular flexibility index (Phi) is 2.78. The summed E-state index contributed by atoms with van der Waals surface area (Å²) in [5, 5.41) is 6.50. The first-order valence-electron chi connectivity index (χ1n) is 14.4. The predicted octanol–water partition coefficient (Wildman–Crippen LogP) is 4.23. The molecule has 0 spiro atoms. The van der Waals surface area contributed by atoms with Crippen LogP contribution in [-0.4, -0.2) is 25.3 Å². The largest absolute Gasteiger partial charge is 0.337 e. The molecule has 0 aliphatic carbocycles. The van der Waals surface area contributed by atoms with Crippen LogP contribution in [0.25, 0.3) is 0 Å². The number of hydrogen-bond acceptors (Lipinski definition) is 7. The molecule has 0 radical (unpaired) electrons. The fourth-order valence-corrected chi connectivity index (χ4v) is 4.71. The third kappa shape index (κ3) is 4.14. The minimum absolute atomic E-state index is 0.169. The molecule has 2 aromatic heterocycles. The van der Waals surface area contributed by atoms with Crippen molar-refractivity contribution < 1.29 is 40.3 Å². The highest BCUT2D eigenvalue weighted by molar-refractivity contribution is 7.93. The summed E-state index contributed by atoms with van der Waals surface area (Å²) in [6, 6.07) is 0.318. The van der Waals surface area contributed by atoms with Gasteiger partial charge in [0.1, 0.15) is 9.77 Å². The van der Waals surface area contributed by atoms with Gasteiger partial charge >= 0.3 is 0 Å². The first kappa shape index (κ1) is 10.4. The molecule has 0 saturated carbocycles. The number of nitrogens with zero attached hydrogens (tertiary/aromatic N) is 1. The van der Waals surface area contributed by atoms with E-state index in [0.717, 1.165) is 11.4 Å². The van der Waals surface area contributed by atoms with Gasteiger partial charge in [0.25, 0.3) is 15.9 Å². The number of nitrogens with one attached hydrogen (secondary N) is 2. The van der Waals surface area contributed by atoms with E-state index >= 15 is 0 Å². The van der Waals surface area contributed by atoms with Crippen LogP contribution in [-0.2, 0) is 10.0 Å². The van der Waals surface area contributed by atoms with E-state index in [4.69, 9.17) is 22.3 Å². The Morgan fingerprint density at radius 3 is 2.80 bits per heavy atom. The minimum Gasteiger partial charge on any atom is -0.337 e. The number of amides is 1. The van der Waals surface area contributed by atoms with Gasteiger partial charge in [0.05, 0.1) is 12.8 Å². The smallest absolute Gasteiger partial charge is 0.267 e. The molecule has 0 bridgehead atoms. The van der Waals surface area contributed by atoms with Gasteiger partial charge in [-0.3, -0.25) is 9.59 Å². The molecule has 0 aliphatic rings. The van der Waals surface area contributed by atoms with E-state index in [0.29, 0.717) is 17.4 Å². The maximum absolute atomic E-state index is 13.4. The number of aromatic nitrogens is 1. The maximum atomic E-state index is 13.4. The monoisotopic (exact) mass is 460 g/mol. The molecule has 0 atom stereocenters. The zero-order valence-electron chi connectivity index (χ0n) is 28.0. The van der Waals surface area contributed by atoms with Gasteiger partial charge in [-0.2, -0.15) is 0 Å². The van der Waals surface area contributed by atoms with Crippen LogP contribution in [0.5, 0.6) is 0 Å². The first-order valence-corrected chi connectivity index (χ1v) is 10.3. The van der Waals surface area contributed by atoms with Gasteiger partial charge in [0.15, 0.2) is 5.78 Å². The van der Waals surface area contributed by atoms with Gasteiger partial charge < -0.3 is 9.84 Å². The van der Waals surface area contributed by atoms with Crippen LogP contribution in [0.4, 0.5) is 11.6 Å². The van der Waals surface area contributed by atoms with E-state index in [-0.39, 0.29) is 5.56 Å². The van der Waals surface area contributed by atoms with Gasteiger partial charge in [-0.05, 0) is 62.9 Å². The van der Waals surface area contributed by atoms with Crippen molar-refractivity contribution in [2.24, 2.45) is 0 Å². The number of sulfonamides is 1. The molecule has 30 heavy (non-hydrogen) atoms. The molecule has 1 aromatic carbocycles. The Hall–Kier alpha value is -2.98. The van der Waals surface area contributed by atoms with Crippen molar-refractivity contribution in [3.05, 3.63) is 56.4 Å². The zero-order chi connectivity index (χ0) is 33.1. The highest BCUT2D eigenvalue weighted by atomic mass is 32.2. The first-order chi connectivity index (χ1) is 19.3. The molecule has 3 aromatic rings. The van der Waals surface area contributed by atoms with Crippen LogP contribution >= 0.6 is 11.3 Å². The van der Waals surface area contributed by atoms with Gasteiger partial charge in [0.2, 0.25) is 5.88 Å². The number of carbonyl (C=O) groups is 2. The van der Waals surface area contributed by atoms with E-state index in [1.165, 1.54) is 6.92 Å². The lowest BCUT2D eigenvalue weighted by Crippen LogP contribution is -2.20. The fourth-order valence-electron chi connectivity index (χ4n) is 2.34. The molecule has 158 valence electrons. The van der Waals surface area contributed by atoms with Crippen molar-refractivity contribution in [3.8, 4) is 0 Å². The van der Waals surface area contributed by atoms with E-state index in [9.17, 15) is 18.0 Å².